The lowest BCUT2D eigenvalue weighted by Gasteiger charge is -2.22. The molecule has 1 atom stereocenters. The van der Waals surface area contributed by atoms with E-state index >= 15 is 0 Å². The van der Waals surface area contributed by atoms with E-state index in [9.17, 15) is 8.42 Å². The van der Waals surface area contributed by atoms with Crippen LogP contribution in [-0.2, 0) is 10.0 Å². The maximum absolute atomic E-state index is 11.8. The molecule has 6 nitrogen and oxygen atoms in total. The number of aliphatic imine (C=N–C) groups is 1. The molecular formula is C20H35IN4O2S2. The van der Waals surface area contributed by atoms with E-state index in [1.54, 1.807) is 14.0 Å². The molecule has 0 radical (unpaired) electrons. The Hall–Kier alpha value is -0.520. The van der Waals surface area contributed by atoms with Crippen molar-refractivity contribution < 1.29 is 8.42 Å². The molecule has 0 saturated carbocycles. The highest BCUT2D eigenvalue weighted by Crippen LogP contribution is 2.25. The van der Waals surface area contributed by atoms with Gasteiger partial charge in [0.1, 0.15) is 0 Å². The topological polar surface area (TPSA) is 65.0 Å². The smallest absolute Gasteiger partial charge is 0.213 e. The van der Waals surface area contributed by atoms with Crippen molar-refractivity contribution in [3.8, 4) is 0 Å². The van der Waals surface area contributed by atoms with Gasteiger partial charge in [0.15, 0.2) is 5.96 Å². The number of nitrogens with one attached hydrogen (secondary N) is 1. The monoisotopic (exact) mass is 554 g/mol. The summed E-state index contributed by atoms with van der Waals surface area (Å²) in [4.78, 5) is 8.40. The van der Waals surface area contributed by atoms with Crippen LogP contribution in [0.1, 0.15) is 26.7 Å². The first-order valence-electron chi connectivity index (χ1n) is 10.1. The van der Waals surface area contributed by atoms with Crippen molar-refractivity contribution >= 4 is 51.7 Å². The molecule has 9 heteroatoms. The molecule has 2 rings (SSSR count). The fraction of sp³-hybridized carbons (Fsp3) is 0.650. The fourth-order valence-corrected chi connectivity index (χ4v) is 5.05. The van der Waals surface area contributed by atoms with Crippen molar-refractivity contribution in [2.45, 2.75) is 31.6 Å². The minimum Gasteiger partial charge on any atom is -0.357 e. The van der Waals surface area contributed by atoms with E-state index in [1.165, 1.54) is 15.6 Å². The summed E-state index contributed by atoms with van der Waals surface area (Å²) in [6.07, 6.45) is 1.91. The summed E-state index contributed by atoms with van der Waals surface area (Å²) in [5.41, 5.74) is 0. The first kappa shape index (κ1) is 26.5. The molecule has 0 aromatic heterocycles. The number of nitrogens with zero attached hydrogens (tertiary/aromatic N) is 3. The number of sulfonamides is 1. The molecule has 1 aliphatic heterocycles. The highest BCUT2D eigenvalue weighted by Gasteiger charge is 2.25. The van der Waals surface area contributed by atoms with Gasteiger partial charge in [-0.25, -0.2) is 12.7 Å². The predicted molar refractivity (Wildman–Crippen MR) is 135 cm³/mol. The molecule has 1 aromatic rings. The van der Waals surface area contributed by atoms with Gasteiger partial charge in [-0.15, -0.1) is 35.7 Å². The number of benzene rings is 1. The summed E-state index contributed by atoms with van der Waals surface area (Å²) in [7, 11) is -1.46. The Morgan fingerprint density at radius 3 is 2.69 bits per heavy atom. The summed E-state index contributed by atoms with van der Waals surface area (Å²) < 4.78 is 25.0. The number of thioether (sulfide) groups is 1. The number of hydrogen-bond acceptors (Lipinski definition) is 4. The van der Waals surface area contributed by atoms with Crippen LogP contribution in [0.3, 0.4) is 0 Å². The van der Waals surface area contributed by atoms with Gasteiger partial charge in [0, 0.05) is 50.4 Å². The van der Waals surface area contributed by atoms with E-state index in [2.05, 4.69) is 47.5 Å². The van der Waals surface area contributed by atoms with E-state index in [4.69, 9.17) is 4.99 Å². The molecule has 29 heavy (non-hydrogen) atoms. The minimum absolute atomic E-state index is 0. The van der Waals surface area contributed by atoms with Crippen LogP contribution in [0.25, 0.3) is 0 Å². The van der Waals surface area contributed by atoms with Gasteiger partial charge in [-0.1, -0.05) is 18.2 Å². The molecular weight excluding hydrogens is 519 g/mol. The third kappa shape index (κ3) is 9.02. The Balaban J connectivity index is 0.00000420. The van der Waals surface area contributed by atoms with E-state index < -0.39 is 10.0 Å². The lowest BCUT2D eigenvalue weighted by Crippen LogP contribution is -2.40. The molecule has 0 amide bonds. The number of guanidine groups is 1. The lowest BCUT2D eigenvalue weighted by molar-refractivity contribution is 0.458. The standard InChI is InChI=1S/C20H34N4O2S2.HI/c1-4-21-20(22-13-9-14-23(3)28(25,26)5-2)24-15-12-18(16-24)17-27-19-10-7-6-8-11-19;/h6-8,10-11,18H,4-5,9,12-17H2,1-3H3,(H,21,22);1H. The van der Waals surface area contributed by atoms with Gasteiger partial charge < -0.3 is 10.2 Å². The molecule has 166 valence electrons. The fourth-order valence-electron chi connectivity index (χ4n) is 3.16. The van der Waals surface area contributed by atoms with Crippen molar-refractivity contribution in [1.29, 1.82) is 0 Å². The van der Waals surface area contributed by atoms with E-state index in [1.807, 2.05) is 11.8 Å². The van der Waals surface area contributed by atoms with Gasteiger partial charge in [0.25, 0.3) is 0 Å². The Bertz CT molecular complexity index is 716. The molecule has 1 N–H and O–H groups in total. The molecule has 1 unspecified atom stereocenters. The second kappa shape index (κ2) is 13.7. The Labute approximate surface area is 198 Å². The van der Waals surface area contributed by atoms with E-state index in [0.717, 1.165) is 37.8 Å². The van der Waals surface area contributed by atoms with Crippen LogP contribution in [0.4, 0.5) is 0 Å². The number of rotatable bonds is 10. The first-order valence-corrected chi connectivity index (χ1v) is 12.7. The van der Waals surface area contributed by atoms with Crippen LogP contribution >= 0.6 is 35.7 Å². The van der Waals surface area contributed by atoms with Gasteiger partial charge >= 0.3 is 0 Å². The Morgan fingerprint density at radius 1 is 1.31 bits per heavy atom. The van der Waals surface area contributed by atoms with Crippen LogP contribution < -0.4 is 5.32 Å². The number of likely N-dealkylation sites (tertiary alicyclic amines) is 1. The van der Waals surface area contributed by atoms with E-state index in [0.29, 0.717) is 19.0 Å². The maximum atomic E-state index is 11.8. The second-order valence-electron chi connectivity index (χ2n) is 7.04. The van der Waals surface area contributed by atoms with Crippen molar-refractivity contribution in [1.82, 2.24) is 14.5 Å². The molecule has 0 bridgehead atoms. The third-order valence-corrected chi connectivity index (χ3v) is 7.99. The zero-order valence-corrected chi connectivity index (χ0v) is 21.7. The second-order valence-corrected chi connectivity index (χ2v) is 10.5. The number of hydrogen-bond donors (Lipinski definition) is 1. The Kier molecular flexibility index (Phi) is 12.5. The van der Waals surface area contributed by atoms with E-state index in [-0.39, 0.29) is 29.7 Å². The zero-order valence-electron chi connectivity index (χ0n) is 17.7. The van der Waals surface area contributed by atoms with Crippen LogP contribution in [0.2, 0.25) is 0 Å². The predicted octanol–water partition coefficient (Wildman–Crippen LogP) is 3.36. The maximum Gasteiger partial charge on any atom is 0.213 e. The molecule has 1 fully saturated rings. The number of halogens is 1. The third-order valence-electron chi connectivity index (χ3n) is 4.88. The molecule has 1 saturated heterocycles. The van der Waals surface area contributed by atoms with Gasteiger partial charge in [-0.2, -0.15) is 0 Å². The van der Waals surface area contributed by atoms with Crippen molar-refractivity contribution in [2.24, 2.45) is 10.9 Å². The van der Waals surface area contributed by atoms with Gasteiger partial charge in [-0.05, 0) is 44.7 Å². The summed E-state index contributed by atoms with van der Waals surface area (Å²) >= 11 is 1.92. The van der Waals surface area contributed by atoms with Gasteiger partial charge in [-0.3, -0.25) is 4.99 Å². The molecule has 1 heterocycles. The summed E-state index contributed by atoms with van der Waals surface area (Å²) in [5, 5.41) is 3.39. The largest absolute Gasteiger partial charge is 0.357 e. The van der Waals surface area contributed by atoms with Crippen LogP contribution in [0, 0.1) is 5.92 Å². The minimum atomic E-state index is -3.10. The molecule has 1 aliphatic rings. The highest BCUT2D eigenvalue weighted by molar-refractivity contribution is 14.0. The van der Waals surface area contributed by atoms with Crippen molar-refractivity contribution in [3.63, 3.8) is 0 Å². The average molecular weight is 555 g/mol. The van der Waals surface area contributed by atoms with Crippen LogP contribution in [0.15, 0.2) is 40.2 Å². The molecule has 0 aliphatic carbocycles. The molecule has 1 aromatic carbocycles. The normalized spacial score (nSPS) is 17.4. The van der Waals surface area contributed by atoms with Crippen LogP contribution in [-0.4, -0.2) is 74.9 Å². The highest BCUT2D eigenvalue weighted by atomic mass is 127. The molecule has 0 spiro atoms. The lowest BCUT2D eigenvalue weighted by atomic mass is 10.2. The quantitative estimate of drug-likeness (QED) is 0.158. The summed E-state index contributed by atoms with van der Waals surface area (Å²) in [5.74, 6) is 2.89. The SMILES string of the molecule is CCNC(=NCCCN(C)S(=O)(=O)CC)N1CCC(CSc2ccccc2)C1.I. The van der Waals surface area contributed by atoms with Crippen molar-refractivity contribution in [3.05, 3.63) is 30.3 Å². The zero-order chi connectivity index (χ0) is 20.4. The first-order chi connectivity index (χ1) is 13.5. The van der Waals surface area contributed by atoms with Gasteiger partial charge in [0.05, 0.1) is 5.75 Å². The summed E-state index contributed by atoms with van der Waals surface area (Å²) in [6.45, 7) is 7.78. The summed E-state index contributed by atoms with van der Waals surface area (Å²) in [6, 6.07) is 10.6. The van der Waals surface area contributed by atoms with Gasteiger partial charge in [0.2, 0.25) is 10.0 Å². The van der Waals surface area contributed by atoms with Crippen LogP contribution in [0.5, 0.6) is 0 Å². The van der Waals surface area contributed by atoms with Crippen molar-refractivity contribution in [2.75, 3.05) is 51.3 Å². The average Bonchev–Trinajstić information content (AvgIpc) is 3.18. The Morgan fingerprint density at radius 2 is 2.03 bits per heavy atom.